The van der Waals surface area contributed by atoms with Crippen molar-refractivity contribution in [1.82, 2.24) is 5.16 Å². The molecular weight excluding hydrogens is 359 g/mol. The fourth-order valence-electron chi connectivity index (χ4n) is 2.51. The van der Waals surface area contributed by atoms with Crippen LogP contribution in [0, 0.1) is 0 Å². The maximum Gasteiger partial charge on any atom is 0.417 e. The van der Waals surface area contributed by atoms with Gasteiger partial charge in [-0.3, -0.25) is 4.79 Å². The van der Waals surface area contributed by atoms with Crippen LogP contribution in [-0.4, -0.2) is 28.3 Å². The van der Waals surface area contributed by atoms with Gasteiger partial charge >= 0.3 is 12.1 Å². The average molecular weight is 371 g/mol. The lowest BCUT2D eigenvalue weighted by Crippen LogP contribution is -2.16. The number of rotatable bonds is 5. The predicted molar refractivity (Wildman–Crippen MR) is 82.1 cm³/mol. The van der Waals surface area contributed by atoms with Crippen molar-refractivity contribution in [3.05, 3.63) is 46.3 Å². The van der Waals surface area contributed by atoms with Crippen molar-refractivity contribution in [3.8, 4) is 0 Å². The Morgan fingerprint density at radius 2 is 2.00 bits per heavy atom. The summed E-state index contributed by atoms with van der Waals surface area (Å²) in [5, 5.41) is 12.6. The van der Waals surface area contributed by atoms with E-state index in [1.54, 1.807) is 6.26 Å². The lowest BCUT2D eigenvalue weighted by atomic mass is 9.95. The van der Waals surface area contributed by atoms with Crippen LogP contribution in [0.3, 0.4) is 0 Å². The molecule has 3 rings (SSSR count). The van der Waals surface area contributed by atoms with E-state index in [0.717, 1.165) is 23.9 Å². The second-order valence-corrected chi connectivity index (χ2v) is 6.47. The lowest BCUT2D eigenvalue weighted by Gasteiger charge is -2.13. The van der Waals surface area contributed by atoms with E-state index in [0.29, 0.717) is 17.7 Å². The third-order valence-corrected chi connectivity index (χ3v) is 4.60. The summed E-state index contributed by atoms with van der Waals surface area (Å²) in [6.45, 7) is 0. The molecule has 25 heavy (non-hydrogen) atoms. The SMILES string of the molecule is CSc1ccc(C(=O)c2c(C(=O)O)noc2C2CC2)c(C(F)(F)F)c1. The van der Waals surface area contributed by atoms with Gasteiger partial charge in [0.15, 0.2) is 11.5 Å². The van der Waals surface area contributed by atoms with Crippen molar-refractivity contribution in [2.45, 2.75) is 29.8 Å². The Labute approximate surface area is 144 Å². The van der Waals surface area contributed by atoms with Crippen molar-refractivity contribution in [2.24, 2.45) is 0 Å². The van der Waals surface area contributed by atoms with Gasteiger partial charge in [0.2, 0.25) is 5.69 Å². The Bertz CT molecular complexity index is 856. The number of nitrogens with zero attached hydrogens (tertiary/aromatic N) is 1. The van der Waals surface area contributed by atoms with Gasteiger partial charge in [-0.15, -0.1) is 11.8 Å². The molecule has 1 aliphatic carbocycles. The number of thioether (sulfide) groups is 1. The Balaban J connectivity index is 2.17. The second-order valence-electron chi connectivity index (χ2n) is 5.59. The first-order valence-electron chi connectivity index (χ1n) is 7.26. The summed E-state index contributed by atoms with van der Waals surface area (Å²) in [6.07, 6.45) is -1.79. The Kier molecular flexibility index (Phi) is 4.36. The molecule has 1 heterocycles. The van der Waals surface area contributed by atoms with Crippen LogP contribution in [0.25, 0.3) is 0 Å². The molecule has 0 unspecified atom stereocenters. The first kappa shape index (κ1) is 17.5. The summed E-state index contributed by atoms with van der Waals surface area (Å²) in [5.74, 6) is -2.70. The van der Waals surface area contributed by atoms with Crippen LogP contribution < -0.4 is 0 Å². The van der Waals surface area contributed by atoms with Gasteiger partial charge < -0.3 is 9.63 Å². The maximum atomic E-state index is 13.4. The van der Waals surface area contributed by atoms with Crippen LogP contribution in [0.15, 0.2) is 27.6 Å². The Morgan fingerprint density at radius 1 is 1.32 bits per heavy atom. The first-order valence-corrected chi connectivity index (χ1v) is 8.49. The quantitative estimate of drug-likeness (QED) is 0.626. The molecule has 0 spiro atoms. The highest BCUT2D eigenvalue weighted by Gasteiger charge is 2.41. The van der Waals surface area contributed by atoms with E-state index in [1.165, 1.54) is 6.07 Å². The summed E-state index contributed by atoms with van der Waals surface area (Å²) in [4.78, 5) is 24.4. The molecule has 0 atom stereocenters. The van der Waals surface area contributed by atoms with E-state index in [2.05, 4.69) is 5.16 Å². The summed E-state index contributed by atoms with van der Waals surface area (Å²) in [7, 11) is 0. The van der Waals surface area contributed by atoms with Crippen LogP contribution in [0.2, 0.25) is 0 Å². The van der Waals surface area contributed by atoms with Crippen molar-refractivity contribution in [1.29, 1.82) is 0 Å². The van der Waals surface area contributed by atoms with Gasteiger partial charge in [-0.1, -0.05) is 5.16 Å². The van der Waals surface area contributed by atoms with Crippen molar-refractivity contribution < 1.29 is 32.4 Å². The molecule has 0 radical (unpaired) electrons. The molecule has 1 fully saturated rings. The van der Waals surface area contributed by atoms with Gasteiger partial charge in [0.05, 0.1) is 5.56 Å². The molecule has 132 valence electrons. The predicted octanol–water partition coefficient (Wildman–Crippen LogP) is 4.22. The standard InChI is InChI=1S/C16H12F3NO4S/c1-25-8-4-5-9(10(6-8)16(17,18)19)13(21)11-12(15(22)23)20-24-14(11)7-2-3-7/h4-7H,2-3H2,1H3,(H,22,23). The minimum absolute atomic E-state index is 0.0458. The zero-order valence-electron chi connectivity index (χ0n) is 12.9. The molecule has 9 heteroatoms. The molecule has 1 aliphatic rings. The smallest absolute Gasteiger partial charge is 0.417 e. The molecule has 2 aromatic rings. The minimum atomic E-state index is -4.75. The number of carboxylic acid groups (broad SMARTS) is 1. The van der Waals surface area contributed by atoms with Crippen LogP contribution >= 0.6 is 11.8 Å². The van der Waals surface area contributed by atoms with Gasteiger partial charge in [0.25, 0.3) is 0 Å². The third kappa shape index (κ3) is 3.28. The van der Waals surface area contributed by atoms with Gasteiger partial charge in [-0.25, -0.2) is 4.79 Å². The number of hydrogen-bond donors (Lipinski definition) is 1. The number of aromatic nitrogens is 1. The average Bonchev–Trinajstić information content (AvgIpc) is 3.30. The molecule has 5 nitrogen and oxygen atoms in total. The molecule has 0 saturated heterocycles. The monoisotopic (exact) mass is 371 g/mol. The molecule has 0 aliphatic heterocycles. The molecule has 0 amide bonds. The molecule has 1 aromatic carbocycles. The van der Waals surface area contributed by atoms with Crippen molar-refractivity contribution in [2.75, 3.05) is 6.26 Å². The van der Waals surface area contributed by atoms with Crippen LogP contribution in [-0.2, 0) is 6.18 Å². The number of carbonyl (C=O) groups is 2. The highest BCUT2D eigenvalue weighted by atomic mass is 32.2. The lowest BCUT2D eigenvalue weighted by molar-refractivity contribution is -0.138. The van der Waals surface area contributed by atoms with E-state index < -0.39 is 40.3 Å². The molecule has 1 aromatic heterocycles. The molecule has 1 N–H and O–H groups in total. The van der Waals surface area contributed by atoms with Gasteiger partial charge in [0, 0.05) is 16.4 Å². The van der Waals surface area contributed by atoms with Gasteiger partial charge in [0.1, 0.15) is 5.56 Å². The summed E-state index contributed by atoms with van der Waals surface area (Å²) in [5.41, 5.74) is -2.77. The van der Waals surface area contributed by atoms with E-state index in [1.807, 2.05) is 0 Å². The van der Waals surface area contributed by atoms with Crippen LogP contribution in [0.5, 0.6) is 0 Å². The largest absolute Gasteiger partial charge is 0.476 e. The molecule has 1 saturated carbocycles. The fraction of sp³-hybridized carbons (Fsp3) is 0.312. The highest BCUT2D eigenvalue weighted by Crippen LogP contribution is 2.44. The number of carboxylic acids is 1. The van der Waals surface area contributed by atoms with E-state index in [4.69, 9.17) is 4.52 Å². The molecular formula is C16H12F3NO4S. The summed E-state index contributed by atoms with van der Waals surface area (Å²) < 4.78 is 45.1. The minimum Gasteiger partial charge on any atom is -0.476 e. The van der Waals surface area contributed by atoms with Crippen LogP contribution in [0.4, 0.5) is 13.2 Å². The zero-order valence-corrected chi connectivity index (χ0v) is 13.7. The fourth-order valence-corrected chi connectivity index (χ4v) is 2.95. The highest BCUT2D eigenvalue weighted by molar-refractivity contribution is 7.98. The number of aromatic carboxylic acids is 1. The Hall–Kier alpha value is -2.29. The number of ketones is 1. The number of alkyl halides is 3. The van der Waals surface area contributed by atoms with Crippen LogP contribution in [0.1, 0.15) is 56.5 Å². The number of benzene rings is 1. The Morgan fingerprint density at radius 3 is 2.52 bits per heavy atom. The maximum absolute atomic E-state index is 13.4. The van der Waals surface area contributed by atoms with Gasteiger partial charge in [-0.05, 0) is 37.3 Å². The van der Waals surface area contributed by atoms with E-state index in [-0.39, 0.29) is 11.7 Å². The van der Waals surface area contributed by atoms with Gasteiger partial charge in [-0.2, -0.15) is 13.2 Å². The third-order valence-electron chi connectivity index (χ3n) is 3.87. The topological polar surface area (TPSA) is 80.4 Å². The second kappa shape index (κ2) is 6.21. The number of hydrogen-bond acceptors (Lipinski definition) is 5. The first-order chi connectivity index (χ1) is 11.7. The zero-order chi connectivity index (χ0) is 18.4. The molecule has 0 bridgehead atoms. The normalized spacial score (nSPS) is 14.6. The number of carbonyl (C=O) groups excluding carboxylic acids is 1. The van der Waals surface area contributed by atoms with Crippen molar-refractivity contribution in [3.63, 3.8) is 0 Å². The van der Waals surface area contributed by atoms with E-state index in [9.17, 15) is 27.9 Å². The summed E-state index contributed by atoms with van der Waals surface area (Å²) in [6, 6.07) is 3.33. The van der Waals surface area contributed by atoms with Crippen molar-refractivity contribution >= 4 is 23.5 Å². The number of halogens is 3. The van der Waals surface area contributed by atoms with E-state index >= 15 is 0 Å². The summed E-state index contributed by atoms with van der Waals surface area (Å²) >= 11 is 1.11.